The molecule has 0 radical (unpaired) electrons. The Morgan fingerprint density at radius 2 is 2.29 bits per heavy atom. The second kappa shape index (κ2) is 4.51. The van der Waals surface area contributed by atoms with Crippen molar-refractivity contribution >= 4 is 23.8 Å². The largest absolute Gasteiger partial charge is 0.302 e. The number of aldehydes is 1. The Morgan fingerprint density at radius 1 is 1.57 bits per heavy atom. The van der Waals surface area contributed by atoms with Crippen molar-refractivity contribution in [3.05, 3.63) is 21.9 Å². The molecular weight excluding hydrogens is 194 g/mol. The highest BCUT2D eigenvalue weighted by molar-refractivity contribution is 7.14. The summed E-state index contributed by atoms with van der Waals surface area (Å²) in [6.07, 6.45) is 3.68. The van der Waals surface area contributed by atoms with Gasteiger partial charge in [-0.3, -0.25) is 4.99 Å². The fourth-order valence-electron chi connectivity index (χ4n) is 1.17. The number of thiophene rings is 1. The molecule has 0 aromatic carbocycles. The quantitative estimate of drug-likeness (QED) is 0.553. The van der Waals surface area contributed by atoms with Gasteiger partial charge in [0.05, 0.1) is 5.41 Å². The lowest BCUT2D eigenvalue weighted by atomic mass is 9.88. The summed E-state index contributed by atoms with van der Waals surface area (Å²) < 4.78 is 0. The molecule has 0 saturated carbocycles. The van der Waals surface area contributed by atoms with Gasteiger partial charge in [0.2, 0.25) is 0 Å². The van der Waals surface area contributed by atoms with Crippen LogP contribution < -0.4 is 0 Å². The Balaban J connectivity index is 3.00. The zero-order valence-corrected chi connectivity index (χ0v) is 9.60. The average Bonchev–Trinajstić information content (AvgIpc) is 2.66. The number of carbonyl (C=O) groups is 1. The molecule has 1 atom stereocenters. The van der Waals surface area contributed by atoms with E-state index in [1.165, 1.54) is 0 Å². The third kappa shape index (κ3) is 2.10. The van der Waals surface area contributed by atoms with Gasteiger partial charge in [0.1, 0.15) is 6.29 Å². The third-order valence-electron chi connectivity index (χ3n) is 2.44. The van der Waals surface area contributed by atoms with Crippen molar-refractivity contribution in [1.29, 1.82) is 0 Å². The molecule has 0 aliphatic rings. The molecule has 0 aliphatic carbocycles. The molecule has 1 heterocycles. The maximum atomic E-state index is 11.0. The molecule has 0 saturated heterocycles. The van der Waals surface area contributed by atoms with Crippen LogP contribution in [0.3, 0.4) is 0 Å². The molecular formula is C11H15NOS. The molecule has 1 aromatic rings. The minimum Gasteiger partial charge on any atom is -0.302 e. The Hall–Kier alpha value is -0.960. The molecule has 0 N–H and O–H groups in total. The summed E-state index contributed by atoms with van der Waals surface area (Å²) in [5.74, 6) is 0. The van der Waals surface area contributed by atoms with Crippen LogP contribution in [0.25, 0.3) is 0 Å². The molecule has 0 spiro atoms. The highest BCUT2D eigenvalue weighted by Gasteiger charge is 2.25. The van der Waals surface area contributed by atoms with Gasteiger partial charge in [-0.15, -0.1) is 11.3 Å². The van der Waals surface area contributed by atoms with E-state index in [2.05, 4.69) is 4.99 Å². The Morgan fingerprint density at radius 3 is 2.79 bits per heavy atom. The fourth-order valence-corrected chi connectivity index (χ4v) is 2.28. The van der Waals surface area contributed by atoms with Crippen LogP contribution in [0.1, 0.15) is 30.0 Å². The van der Waals surface area contributed by atoms with Gasteiger partial charge < -0.3 is 4.79 Å². The molecule has 1 aromatic heterocycles. The predicted octanol–water partition coefficient (Wildman–Crippen LogP) is 2.66. The van der Waals surface area contributed by atoms with Crippen LogP contribution >= 0.6 is 11.3 Å². The first-order chi connectivity index (χ1) is 6.66. The van der Waals surface area contributed by atoms with Gasteiger partial charge >= 0.3 is 0 Å². The molecule has 0 bridgehead atoms. The zero-order valence-electron chi connectivity index (χ0n) is 8.78. The second-order valence-electron chi connectivity index (χ2n) is 3.48. The number of carbonyl (C=O) groups excluding carboxylic acids is 1. The van der Waals surface area contributed by atoms with Gasteiger partial charge in [0.15, 0.2) is 0 Å². The first-order valence-corrected chi connectivity index (χ1v) is 5.46. The summed E-state index contributed by atoms with van der Waals surface area (Å²) in [6.45, 7) is 4.00. The monoisotopic (exact) mass is 209 g/mol. The number of nitrogens with zero attached hydrogens (tertiary/aromatic N) is 1. The molecule has 0 aliphatic heterocycles. The summed E-state index contributed by atoms with van der Waals surface area (Å²) >= 11 is 1.63. The van der Waals surface area contributed by atoms with E-state index < -0.39 is 0 Å². The van der Waals surface area contributed by atoms with Crippen molar-refractivity contribution in [2.24, 2.45) is 4.99 Å². The van der Waals surface area contributed by atoms with Gasteiger partial charge in [0, 0.05) is 23.0 Å². The lowest BCUT2D eigenvalue weighted by Crippen LogP contribution is -2.20. The Bertz CT molecular complexity index is 343. The second-order valence-corrected chi connectivity index (χ2v) is 4.59. The summed E-state index contributed by atoms with van der Waals surface area (Å²) in [7, 11) is 1.75. The van der Waals surface area contributed by atoms with E-state index in [9.17, 15) is 4.79 Å². The number of hydrogen-bond acceptors (Lipinski definition) is 3. The first kappa shape index (κ1) is 11.1. The molecule has 0 amide bonds. The van der Waals surface area contributed by atoms with Crippen molar-refractivity contribution < 1.29 is 4.79 Å². The Kier molecular flexibility index (Phi) is 3.58. The zero-order chi connectivity index (χ0) is 10.6. The molecule has 0 fully saturated rings. The minimum atomic E-state index is -0.329. The van der Waals surface area contributed by atoms with Crippen molar-refractivity contribution in [2.75, 3.05) is 7.05 Å². The van der Waals surface area contributed by atoms with E-state index >= 15 is 0 Å². The lowest BCUT2D eigenvalue weighted by Gasteiger charge is -2.18. The van der Waals surface area contributed by atoms with E-state index in [0.29, 0.717) is 0 Å². The third-order valence-corrected chi connectivity index (χ3v) is 3.74. The van der Waals surface area contributed by atoms with Gasteiger partial charge in [-0.25, -0.2) is 0 Å². The van der Waals surface area contributed by atoms with Crippen LogP contribution in [0.15, 0.2) is 17.1 Å². The van der Waals surface area contributed by atoms with Crippen molar-refractivity contribution in [3.63, 3.8) is 0 Å². The van der Waals surface area contributed by atoms with Crippen molar-refractivity contribution in [2.45, 2.75) is 25.7 Å². The van der Waals surface area contributed by atoms with Crippen LogP contribution in [0.5, 0.6) is 0 Å². The number of aliphatic imine (C=N–C) groups is 1. The molecule has 2 nitrogen and oxygen atoms in total. The van der Waals surface area contributed by atoms with Gasteiger partial charge in [-0.05, 0) is 25.5 Å². The van der Waals surface area contributed by atoms with Crippen molar-refractivity contribution in [3.8, 4) is 0 Å². The SMILES string of the molecule is CCC(C)(C=O)c1ccc(C=NC)s1. The van der Waals surface area contributed by atoms with Crippen LogP contribution in [-0.2, 0) is 10.2 Å². The van der Waals surface area contributed by atoms with Gasteiger partial charge in [-0.1, -0.05) is 6.92 Å². The van der Waals surface area contributed by atoms with Crippen LogP contribution in [0.4, 0.5) is 0 Å². The molecule has 1 unspecified atom stereocenters. The summed E-state index contributed by atoms with van der Waals surface area (Å²) in [6, 6.07) is 4.02. The van der Waals surface area contributed by atoms with Crippen LogP contribution in [0, 0.1) is 0 Å². The van der Waals surface area contributed by atoms with E-state index in [1.807, 2.05) is 32.2 Å². The lowest BCUT2D eigenvalue weighted by molar-refractivity contribution is -0.112. The fraction of sp³-hybridized carbons (Fsp3) is 0.455. The maximum Gasteiger partial charge on any atom is 0.131 e. The summed E-state index contributed by atoms with van der Waals surface area (Å²) in [5.41, 5.74) is -0.329. The maximum absolute atomic E-state index is 11.0. The molecule has 76 valence electrons. The smallest absolute Gasteiger partial charge is 0.131 e. The summed E-state index contributed by atoms with van der Waals surface area (Å²) in [5, 5.41) is 0. The predicted molar refractivity (Wildman–Crippen MR) is 61.5 cm³/mol. The average molecular weight is 209 g/mol. The molecule has 1 rings (SSSR count). The highest BCUT2D eigenvalue weighted by Crippen LogP contribution is 2.30. The number of hydrogen-bond donors (Lipinski definition) is 0. The minimum absolute atomic E-state index is 0.329. The topological polar surface area (TPSA) is 29.4 Å². The Labute approximate surface area is 88.7 Å². The normalized spacial score (nSPS) is 15.6. The highest BCUT2D eigenvalue weighted by atomic mass is 32.1. The van der Waals surface area contributed by atoms with Crippen LogP contribution in [-0.4, -0.2) is 19.5 Å². The van der Waals surface area contributed by atoms with Gasteiger partial charge in [-0.2, -0.15) is 0 Å². The molecule has 14 heavy (non-hydrogen) atoms. The van der Waals surface area contributed by atoms with E-state index in [4.69, 9.17) is 0 Å². The van der Waals surface area contributed by atoms with Crippen molar-refractivity contribution in [1.82, 2.24) is 0 Å². The molecule has 3 heteroatoms. The van der Waals surface area contributed by atoms with E-state index in [-0.39, 0.29) is 5.41 Å². The van der Waals surface area contributed by atoms with Gasteiger partial charge in [0.25, 0.3) is 0 Å². The summed E-state index contributed by atoms with van der Waals surface area (Å²) in [4.78, 5) is 17.2. The standard InChI is InChI=1S/C11H15NOS/c1-4-11(2,8-13)10-6-5-9(14-10)7-12-3/h5-8H,4H2,1-3H3. The first-order valence-electron chi connectivity index (χ1n) is 4.65. The van der Waals surface area contributed by atoms with Crippen LogP contribution in [0.2, 0.25) is 0 Å². The van der Waals surface area contributed by atoms with E-state index in [0.717, 1.165) is 22.5 Å². The van der Waals surface area contributed by atoms with E-state index in [1.54, 1.807) is 18.4 Å². The number of rotatable bonds is 4.